The van der Waals surface area contributed by atoms with Crippen LogP contribution in [0.15, 0.2) is 18.2 Å². The van der Waals surface area contributed by atoms with Gasteiger partial charge in [-0.3, -0.25) is 10.1 Å². The van der Waals surface area contributed by atoms with Gasteiger partial charge in [-0.05, 0) is 26.7 Å². The summed E-state index contributed by atoms with van der Waals surface area (Å²) in [6.45, 7) is 3.78. The largest absolute Gasteiger partial charge is 0.491 e. The van der Waals surface area contributed by atoms with Gasteiger partial charge in [-0.15, -0.1) is 0 Å². The van der Waals surface area contributed by atoms with E-state index < -0.39 is 4.92 Å². The molecule has 0 spiro atoms. The molecule has 1 aromatic rings. The van der Waals surface area contributed by atoms with Gasteiger partial charge in [0.05, 0.1) is 17.1 Å². The lowest BCUT2D eigenvalue weighted by Gasteiger charge is -2.30. The maximum Gasteiger partial charge on any atom is 0.275 e. The van der Waals surface area contributed by atoms with Gasteiger partial charge in [0.2, 0.25) is 0 Å². The van der Waals surface area contributed by atoms with Gasteiger partial charge in [0.15, 0.2) is 0 Å². The third kappa shape index (κ3) is 4.32. The first-order chi connectivity index (χ1) is 9.95. The van der Waals surface area contributed by atoms with Crippen molar-refractivity contribution in [2.45, 2.75) is 57.7 Å². The van der Waals surface area contributed by atoms with Crippen molar-refractivity contribution < 1.29 is 9.66 Å². The zero-order valence-corrected chi connectivity index (χ0v) is 12.5. The van der Waals surface area contributed by atoms with Gasteiger partial charge in [-0.2, -0.15) is 0 Å². The van der Waals surface area contributed by atoms with Crippen LogP contribution in [-0.4, -0.2) is 23.1 Å². The highest BCUT2D eigenvalue weighted by Crippen LogP contribution is 2.29. The Bertz CT molecular complexity index is 505. The Balaban J connectivity index is 2.20. The highest BCUT2D eigenvalue weighted by molar-refractivity contribution is 5.57. The number of hydrogen-bond donors (Lipinski definition) is 2. The predicted octanol–water partition coefficient (Wildman–Crippen LogP) is 3.06. The highest BCUT2D eigenvalue weighted by atomic mass is 16.6. The normalized spacial score (nSPS) is 22.1. The SMILES string of the molecule is CC(C)Oc1cc(NC2CCCCC2N)cc([N+](=O)[O-])c1. The third-order valence-electron chi connectivity index (χ3n) is 3.65. The molecule has 2 rings (SSSR count). The molecule has 21 heavy (non-hydrogen) atoms. The summed E-state index contributed by atoms with van der Waals surface area (Å²) in [5.74, 6) is 0.506. The van der Waals surface area contributed by atoms with Crippen molar-refractivity contribution in [2.24, 2.45) is 5.73 Å². The smallest absolute Gasteiger partial charge is 0.275 e. The molecule has 0 saturated heterocycles. The summed E-state index contributed by atoms with van der Waals surface area (Å²) in [5, 5.41) is 14.4. The molecule has 1 aromatic carbocycles. The lowest BCUT2D eigenvalue weighted by molar-refractivity contribution is -0.384. The molecule has 0 aliphatic heterocycles. The fourth-order valence-corrected chi connectivity index (χ4v) is 2.67. The summed E-state index contributed by atoms with van der Waals surface area (Å²) in [5.41, 5.74) is 6.84. The summed E-state index contributed by atoms with van der Waals surface area (Å²) in [6, 6.07) is 5.04. The van der Waals surface area contributed by atoms with Crippen molar-refractivity contribution in [1.29, 1.82) is 0 Å². The van der Waals surface area contributed by atoms with Crippen LogP contribution in [0.5, 0.6) is 5.75 Å². The standard InChI is InChI=1S/C15H23N3O3/c1-10(2)21-13-8-11(7-12(9-13)18(19)20)17-15-6-4-3-5-14(15)16/h7-10,14-15,17H,3-6,16H2,1-2H3. The first-order valence-corrected chi connectivity index (χ1v) is 7.44. The molecule has 6 heteroatoms. The van der Waals surface area contributed by atoms with Crippen LogP contribution < -0.4 is 15.8 Å². The van der Waals surface area contributed by atoms with Crippen molar-refractivity contribution >= 4 is 11.4 Å². The molecule has 2 atom stereocenters. The summed E-state index contributed by atoms with van der Waals surface area (Å²) in [7, 11) is 0. The molecule has 2 unspecified atom stereocenters. The quantitative estimate of drug-likeness (QED) is 0.643. The molecule has 3 N–H and O–H groups in total. The van der Waals surface area contributed by atoms with E-state index in [1.165, 1.54) is 12.1 Å². The average Bonchev–Trinajstić information content (AvgIpc) is 2.40. The van der Waals surface area contributed by atoms with Crippen molar-refractivity contribution in [3.8, 4) is 5.75 Å². The van der Waals surface area contributed by atoms with Gasteiger partial charge in [-0.25, -0.2) is 0 Å². The number of nitrogens with two attached hydrogens (primary N) is 1. The fourth-order valence-electron chi connectivity index (χ4n) is 2.67. The van der Waals surface area contributed by atoms with Crippen LogP contribution in [-0.2, 0) is 0 Å². The molecule has 6 nitrogen and oxygen atoms in total. The van der Waals surface area contributed by atoms with E-state index in [0.717, 1.165) is 25.7 Å². The molecular formula is C15H23N3O3. The van der Waals surface area contributed by atoms with E-state index in [-0.39, 0.29) is 23.9 Å². The van der Waals surface area contributed by atoms with E-state index in [0.29, 0.717) is 11.4 Å². The first-order valence-electron chi connectivity index (χ1n) is 7.44. The molecule has 0 amide bonds. The van der Waals surface area contributed by atoms with E-state index in [2.05, 4.69) is 5.32 Å². The van der Waals surface area contributed by atoms with E-state index in [9.17, 15) is 10.1 Å². The first kappa shape index (κ1) is 15.6. The average molecular weight is 293 g/mol. The lowest BCUT2D eigenvalue weighted by Crippen LogP contribution is -2.42. The predicted molar refractivity (Wildman–Crippen MR) is 82.7 cm³/mol. The van der Waals surface area contributed by atoms with Gasteiger partial charge >= 0.3 is 0 Å². The minimum Gasteiger partial charge on any atom is -0.491 e. The number of ether oxygens (including phenoxy) is 1. The van der Waals surface area contributed by atoms with E-state index in [1.807, 2.05) is 13.8 Å². The summed E-state index contributed by atoms with van der Waals surface area (Å²) in [6.07, 6.45) is 4.23. The molecule has 0 bridgehead atoms. The van der Waals surface area contributed by atoms with Crippen LogP contribution in [0.4, 0.5) is 11.4 Å². The number of nitro groups is 1. The van der Waals surface area contributed by atoms with Crippen LogP contribution in [0.3, 0.4) is 0 Å². The Hall–Kier alpha value is -1.82. The fraction of sp³-hybridized carbons (Fsp3) is 0.600. The van der Waals surface area contributed by atoms with Crippen LogP contribution >= 0.6 is 0 Å². The Morgan fingerprint density at radius 2 is 2.05 bits per heavy atom. The van der Waals surface area contributed by atoms with Gasteiger partial charge in [-0.1, -0.05) is 12.8 Å². The lowest BCUT2D eigenvalue weighted by atomic mass is 9.91. The van der Waals surface area contributed by atoms with Crippen LogP contribution in [0.1, 0.15) is 39.5 Å². The summed E-state index contributed by atoms with van der Waals surface area (Å²) >= 11 is 0. The number of anilines is 1. The monoisotopic (exact) mass is 293 g/mol. The molecule has 0 aromatic heterocycles. The molecular weight excluding hydrogens is 270 g/mol. The van der Waals surface area contributed by atoms with Crippen LogP contribution in [0.2, 0.25) is 0 Å². The molecule has 0 radical (unpaired) electrons. The highest BCUT2D eigenvalue weighted by Gasteiger charge is 2.22. The van der Waals surface area contributed by atoms with Gasteiger partial charge < -0.3 is 15.8 Å². The second-order valence-electron chi connectivity index (χ2n) is 5.84. The van der Waals surface area contributed by atoms with Crippen LogP contribution in [0, 0.1) is 10.1 Å². The molecule has 0 heterocycles. The number of hydrogen-bond acceptors (Lipinski definition) is 5. The topological polar surface area (TPSA) is 90.4 Å². The minimum atomic E-state index is -0.404. The van der Waals surface area contributed by atoms with Crippen LogP contribution in [0.25, 0.3) is 0 Å². The van der Waals surface area contributed by atoms with E-state index >= 15 is 0 Å². The van der Waals surface area contributed by atoms with Crippen molar-refractivity contribution in [2.75, 3.05) is 5.32 Å². The number of rotatable bonds is 5. The maximum absolute atomic E-state index is 11.0. The van der Waals surface area contributed by atoms with Gasteiger partial charge in [0, 0.05) is 29.9 Å². The number of nitrogens with zero attached hydrogens (tertiary/aromatic N) is 1. The number of non-ortho nitro benzene ring substituents is 1. The molecule has 1 aliphatic carbocycles. The number of nitro benzene ring substituents is 1. The second-order valence-corrected chi connectivity index (χ2v) is 5.84. The Kier molecular flexibility index (Phi) is 5.01. The third-order valence-corrected chi connectivity index (χ3v) is 3.65. The maximum atomic E-state index is 11.0. The summed E-state index contributed by atoms with van der Waals surface area (Å²) < 4.78 is 5.59. The van der Waals surface area contributed by atoms with E-state index in [4.69, 9.17) is 10.5 Å². The molecule has 1 fully saturated rings. The molecule has 116 valence electrons. The summed E-state index contributed by atoms with van der Waals surface area (Å²) in [4.78, 5) is 10.6. The van der Waals surface area contributed by atoms with E-state index in [1.54, 1.807) is 6.07 Å². The Morgan fingerprint density at radius 1 is 1.33 bits per heavy atom. The van der Waals surface area contributed by atoms with Crippen molar-refractivity contribution in [3.63, 3.8) is 0 Å². The second kappa shape index (κ2) is 6.76. The van der Waals surface area contributed by atoms with Crippen molar-refractivity contribution in [3.05, 3.63) is 28.3 Å². The zero-order chi connectivity index (χ0) is 15.4. The molecule has 1 aliphatic rings. The van der Waals surface area contributed by atoms with Gasteiger partial charge in [0.1, 0.15) is 5.75 Å². The van der Waals surface area contributed by atoms with Crippen molar-refractivity contribution in [1.82, 2.24) is 0 Å². The zero-order valence-electron chi connectivity index (χ0n) is 12.5. The minimum absolute atomic E-state index is 0.0278. The number of benzene rings is 1. The number of nitrogens with one attached hydrogen (secondary N) is 1. The Morgan fingerprint density at radius 3 is 2.67 bits per heavy atom. The van der Waals surface area contributed by atoms with Gasteiger partial charge in [0.25, 0.3) is 5.69 Å². The molecule has 1 saturated carbocycles. The Labute approximate surface area is 124 Å².